The van der Waals surface area contributed by atoms with E-state index in [4.69, 9.17) is 0 Å². The van der Waals surface area contributed by atoms with Crippen molar-refractivity contribution in [1.82, 2.24) is 24.2 Å². The van der Waals surface area contributed by atoms with Gasteiger partial charge in [0.1, 0.15) is 11.5 Å². The summed E-state index contributed by atoms with van der Waals surface area (Å²) >= 11 is 1.32. The van der Waals surface area contributed by atoms with E-state index in [2.05, 4.69) is 35.5 Å². The molecular formula is C19H23FN8O2S2. The minimum atomic E-state index is -3.17. The Balaban J connectivity index is 1.47. The van der Waals surface area contributed by atoms with Crippen LogP contribution in [0.15, 0.2) is 24.5 Å². The van der Waals surface area contributed by atoms with Crippen molar-refractivity contribution in [3.8, 4) is 10.6 Å². The molecule has 0 aliphatic carbocycles. The second-order valence-corrected chi connectivity index (χ2v) is 10.2. The van der Waals surface area contributed by atoms with Gasteiger partial charge in [-0.25, -0.2) is 32.7 Å². The normalized spacial score (nSPS) is 15.1. The van der Waals surface area contributed by atoms with Crippen LogP contribution >= 0.6 is 11.3 Å². The topological polar surface area (TPSA) is 116 Å². The number of hydrogen-bond acceptors (Lipinski definition) is 10. The van der Waals surface area contributed by atoms with Gasteiger partial charge in [-0.05, 0) is 19.1 Å². The Hall–Kier alpha value is -2.90. The van der Waals surface area contributed by atoms with Crippen LogP contribution in [0.2, 0.25) is 0 Å². The summed E-state index contributed by atoms with van der Waals surface area (Å²) in [5, 5.41) is 6.63. The summed E-state index contributed by atoms with van der Waals surface area (Å²) in [7, 11) is -1.41. The third kappa shape index (κ3) is 4.79. The fourth-order valence-corrected chi connectivity index (χ4v) is 5.09. The molecule has 1 aliphatic heterocycles. The number of piperazine rings is 1. The van der Waals surface area contributed by atoms with Crippen molar-refractivity contribution >= 4 is 43.9 Å². The van der Waals surface area contributed by atoms with Crippen molar-refractivity contribution < 1.29 is 12.8 Å². The third-order valence-corrected chi connectivity index (χ3v) is 7.52. The quantitative estimate of drug-likeness (QED) is 0.550. The number of hydrogen-bond donors (Lipinski definition) is 2. The first kappa shape index (κ1) is 22.3. The molecule has 0 radical (unpaired) electrons. The molecule has 3 aromatic heterocycles. The smallest absolute Gasteiger partial charge is 0.229 e. The molecule has 32 heavy (non-hydrogen) atoms. The summed E-state index contributed by atoms with van der Waals surface area (Å²) in [6, 6.07) is 3.67. The van der Waals surface area contributed by atoms with Crippen molar-refractivity contribution in [3.05, 3.63) is 36.0 Å². The van der Waals surface area contributed by atoms with Gasteiger partial charge in [-0.15, -0.1) is 0 Å². The molecule has 2 N–H and O–H groups in total. The summed E-state index contributed by atoms with van der Waals surface area (Å²) in [4.78, 5) is 19.8. The fraction of sp³-hybridized carbons (Fsp3) is 0.368. The molecule has 170 valence electrons. The number of halogens is 1. The van der Waals surface area contributed by atoms with Crippen molar-refractivity contribution in [2.24, 2.45) is 0 Å². The van der Waals surface area contributed by atoms with Crippen LogP contribution < -0.4 is 15.5 Å². The van der Waals surface area contributed by atoms with Gasteiger partial charge in [0.2, 0.25) is 16.0 Å². The molecule has 1 aliphatic rings. The summed E-state index contributed by atoms with van der Waals surface area (Å²) < 4.78 is 39.2. The van der Waals surface area contributed by atoms with E-state index in [9.17, 15) is 12.8 Å². The third-order valence-electron chi connectivity index (χ3n) is 5.03. The van der Waals surface area contributed by atoms with Gasteiger partial charge in [-0.1, -0.05) is 11.3 Å². The molecule has 0 spiro atoms. The van der Waals surface area contributed by atoms with E-state index in [0.29, 0.717) is 47.7 Å². The van der Waals surface area contributed by atoms with Crippen LogP contribution in [0.25, 0.3) is 10.6 Å². The van der Waals surface area contributed by atoms with Gasteiger partial charge in [0.05, 0.1) is 34.9 Å². The molecule has 10 nitrogen and oxygen atoms in total. The standard InChI is InChI=1S/C19H23FN8O2S2/c1-12-17(31-19(21-2)24-12)16-14(20)11-23-18(26-16)25-15-5-4-13(10-22-15)27-6-8-28(9-7-27)32(3,29)30/h4-5,10-11H,6-9H2,1-3H3,(H,21,24)(H,22,23,25,26). The van der Waals surface area contributed by atoms with Crippen LogP contribution in [-0.2, 0) is 10.0 Å². The minimum Gasteiger partial charge on any atom is -0.368 e. The second-order valence-electron chi connectivity index (χ2n) is 7.25. The van der Waals surface area contributed by atoms with Crippen molar-refractivity contribution in [2.45, 2.75) is 6.92 Å². The molecule has 0 amide bonds. The second kappa shape index (κ2) is 8.92. The highest BCUT2D eigenvalue weighted by molar-refractivity contribution is 7.88. The molecule has 3 aromatic rings. The number of aryl methyl sites for hydroxylation is 1. The Morgan fingerprint density at radius 2 is 1.84 bits per heavy atom. The van der Waals surface area contributed by atoms with Crippen LogP contribution in [0.5, 0.6) is 0 Å². The number of aromatic nitrogens is 4. The molecule has 4 heterocycles. The summed E-state index contributed by atoms with van der Waals surface area (Å²) in [5.41, 5.74) is 1.75. The van der Waals surface area contributed by atoms with Crippen LogP contribution in [0.3, 0.4) is 0 Å². The molecule has 4 rings (SSSR count). The van der Waals surface area contributed by atoms with Gasteiger partial charge in [0.25, 0.3) is 0 Å². The lowest BCUT2D eigenvalue weighted by Crippen LogP contribution is -2.48. The van der Waals surface area contributed by atoms with Crippen molar-refractivity contribution in [1.29, 1.82) is 0 Å². The van der Waals surface area contributed by atoms with Crippen LogP contribution in [0.4, 0.5) is 27.0 Å². The van der Waals surface area contributed by atoms with Crippen LogP contribution in [-0.4, -0.2) is 72.1 Å². The number of pyridine rings is 1. The zero-order valence-electron chi connectivity index (χ0n) is 17.8. The monoisotopic (exact) mass is 478 g/mol. The lowest BCUT2D eigenvalue weighted by Gasteiger charge is -2.34. The van der Waals surface area contributed by atoms with E-state index >= 15 is 0 Å². The van der Waals surface area contributed by atoms with Gasteiger partial charge in [0, 0.05) is 33.2 Å². The first-order valence-electron chi connectivity index (χ1n) is 9.86. The van der Waals surface area contributed by atoms with Crippen LogP contribution in [0.1, 0.15) is 5.69 Å². The Bertz CT molecular complexity index is 1210. The molecule has 0 bridgehead atoms. The lowest BCUT2D eigenvalue weighted by atomic mass is 10.3. The van der Waals surface area contributed by atoms with E-state index in [1.165, 1.54) is 21.9 Å². The first-order chi connectivity index (χ1) is 15.2. The molecule has 0 atom stereocenters. The molecule has 0 saturated carbocycles. The van der Waals surface area contributed by atoms with E-state index in [-0.39, 0.29) is 11.6 Å². The Morgan fingerprint density at radius 1 is 1.09 bits per heavy atom. The Morgan fingerprint density at radius 3 is 2.44 bits per heavy atom. The van der Waals surface area contributed by atoms with Crippen molar-refractivity contribution in [2.75, 3.05) is 55.0 Å². The highest BCUT2D eigenvalue weighted by atomic mass is 32.2. The minimum absolute atomic E-state index is 0.180. The average Bonchev–Trinajstić information content (AvgIpc) is 3.16. The lowest BCUT2D eigenvalue weighted by molar-refractivity contribution is 0.388. The van der Waals surface area contributed by atoms with Gasteiger partial charge in [-0.3, -0.25) is 0 Å². The highest BCUT2D eigenvalue weighted by Gasteiger charge is 2.23. The number of thiazole rings is 1. The number of nitrogens with one attached hydrogen (secondary N) is 2. The Labute approximate surface area is 189 Å². The first-order valence-corrected chi connectivity index (χ1v) is 12.5. The van der Waals surface area contributed by atoms with Gasteiger partial charge < -0.3 is 15.5 Å². The highest BCUT2D eigenvalue weighted by Crippen LogP contribution is 2.33. The summed E-state index contributed by atoms with van der Waals surface area (Å²) in [6.07, 6.45) is 4.05. The summed E-state index contributed by atoms with van der Waals surface area (Å²) in [5.74, 6) is 0.210. The van der Waals surface area contributed by atoms with Gasteiger partial charge in [0.15, 0.2) is 10.9 Å². The number of nitrogens with zero attached hydrogens (tertiary/aromatic N) is 6. The molecule has 0 aromatic carbocycles. The largest absolute Gasteiger partial charge is 0.368 e. The average molecular weight is 479 g/mol. The molecule has 1 fully saturated rings. The molecular weight excluding hydrogens is 455 g/mol. The van der Waals surface area contributed by atoms with E-state index in [1.54, 1.807) is 26.2 Å². The molecule has 1 saturated heterocycles. The number of anilines is 4. The SMILES string of the molecule is CNc1nc(C)c(-c2nc(Nc3ccc(N4CCN(S(C)(=O)=O)CC4)cn3)ncc2F)s1. The predicted octanol–water partition coefficient (Wildman–Crippen LogP) is 2.31. The maximum Gasteiger partial charge on any atom is 0.229 e. The van der Waals surface area contributed by atoms with Crippen LogP contribution in [0, 0.1) is 12.7 Å². The fourth-order valence-electron chi connectivity index (χ4n) is 3.35. The van der Waals surface area contributed by atoms with Gasteiger partial charge >= 0.3 is 0 Å². The van der Waals surface area contributed by atoms with E-state index in [1.807, 2.05) is 6.07 Å². The maximum atomic E-state index is 14.4. The maximum absolute atomic E-state index is 14.4. The van der Waals surface area contributed by atoms with Gasteiger partial charge in [-0.2, -0.15) is 4.31 Å². The molecule has 0 unspecified atom stereocenters. The zero-order valence-corrected chi connectivity index (χ0v) is 19.5. The number of rotatable bonds is 6. The summed E-state index contributed by atoms with van der Waals surface area (Å²) in [6.45, 7) is 3.87. The van der Waals surface area contributed by atoms with E-state index in [0.717, 1.165) is 11.9 Å². The zero-order chi connectivity index (χ0) is 22.9. The van der Waals surface area contributed by atoms with E-state index < -0.39 is 15.8 Å². The Kier molecular flexibility index (Phi) is 6.22. The van der Waals surface area contributed by atoms with Crippen molar-refractivity contribution in [3.63, 3.8) is 0 Å². The molecule has 13 heteroatoms. The number of sulfonamides is 1. The predicted molar refractivity (Wildman–Crippen MR) is 124 cm³/mol.